The lowest BCUT2D eigenvalue weighted by Gasteiger charge is -2.13. The summed E-state index contributed by atoms with van der Waals surface area (Å²) in [5, 5.41) is 29.9. The molecule has 2 heterocycles. The SMILES string of the molecule is O=c1cc(-c2cc(NCCOCCCCNCc3cc(CCO)cc(OC(F)(F)F)c3)c3cn[nH]c3c2)cn[nH]1. The van der Waals surface area contributed by atoms with E-state index in [9.17, 15) is 18.0 Å². The Balaban J connectivity index is 1.16. The van der Waals surface area contributed by atoms with Crippen LogP contribution < -0.4 is 20.9 Å². The molecule has 40 heavy (non-hydrogen) atoms. The Morgan fingerprint density at radius 1 is 0.900 bits per heavy atom. The van der Waals surface area contributed by atoms with Crippen molar-refractivity contribution in [1.29, 1.82) is 0 Å². The topological polar surface area (TPSA) is 137 Å². The Bertz CT molecular complexity index is 1440. The van der Waals surface area contributed by atoms with Crippen molar-refractivity contribution < 1.29 is 27.8 Å². The van der Waals surface area contributed by atoms with Gasteiger partial charge in [-0.15, -0.1) is 13.2 Å². The van der Waals surface area contributed by atoms with Gasteiger partial charge in [0, 0.05) is 49.0 Å². The highest BCUT2D eigenvalue weighted by Crippen LogP contribution is 2.29. The fourth-order valence-electron chi connectivity index (χ4n) is 4.24. The summed E-state index contributed by atoms with van der Waals surface area (Å²) in [5.74, 6) is -0.287. The Morgan fingerprint density at radius 2 is 1.73 bits per heavy atom. The summed E-state index contributed by atoms with van der Waals surface area (Å²) in [7, 11) is 0. The molecule has 0 saturated heterocycles. The van der Waals surface area contributed by atoms with Gasteiger partial charge in [-0.1, -0.05) is 6.07 Å². The third kappa shape index (κ3) is 8.79. The van der Waals surface area contributed by atoms with Crippen molar-refractivity contribution in [1.82, 2.24) is 25.7 Å². The van der Waals surface area contributed by atoms with Gasteiger partial charge >= 0.3 is 6.36 Å². The molecule has 4 rings (SSSR count). The zero-order valence-corrected chi connectivity index (χ0v) is 21.7. The summed E-state index contributed by atoms with van der Waals surface area (Å²) in [4.78, 5) is 11.6. The molecule has 0 amide bonds. The van der Waals surface area contributed by atoms with Crippen LogP contribution in [0.4, 0.5) is 18.9 Å². The quantitative estimate of drug-likeness (QED) is 0.139. The van der Waals surface area contributed by atoms with E-state index in [2.05, 4.69) is 35.8 Å². The molecule has 13 heteroatoms. The third-order valence-corrected chi connectivity index (χ3v) is 6.00. The fourth-order valence-corrected chi connectivity index (χ4v) is 4.24. The van der Waals surface area contributed by atoms with E-state index < -0.39 is 6.36 Å². The van der Waals surface area contributed by atoms with Crippen LogP contribution in [0.2, 0.25) is 0 Å². The summed E-state index contributed by atoms with van der Waals surface area (Å²) in [5.41, 5.74) is 4.17. The molecule has 214 valence electrons. The van der Waals surface area contributed by atoms with Gasteiger partial charge in [-0.05, 0) is 66.8 Å². The number of aliphatic hydroxyl groups excluding tert-OH is 1. The van der Waals surface area contributed by atoms with Crippen LogP contribution in [0, 0.1) is 0 Å². The van der Waals surface area contributed by atoms with Gasteiger partial charge in [-0.3, -0.25) is 9.89 Å². The van der Waals surface area contributed by atoms with E-state index in [0.29, 0.717) is 49.5 Å². The number of unbranched alkanes of at least 4 members (excludes halogenated alkanes) is 1. The predicted octanol–water partition coefficient (Wildman–Crippen LogP) is 3.75. The van der Waals surface area contributed by atoms with Crippen molar-refractivity contribution in [2.24, 2.45) is 0 Å². The van der Waals surface area contributed by atoms with Gasteiger partial charge in [0.15, 0.2) is 0 Å². The van der Waals surface area contributed by atoms with E-state index in [4.69, 9.17) is 9.84 Å². The number of nitrogens with one attached hydrogen (secondary N) is 4. The first-order valence-electron chi connectivity index (χ1n) is 12.8. The zero-order chi connectivity index (χ0) is 28.4. The minimum absolute atomic E-state index is 0.161. The first-order chi connectivity index (χ1) is 19.3. The number of alkyl halides is 3. The van der Waals surface area contributed by atoms with Gasteiger partial charge in [0.25, 0.3) is 5.56 Å². The number of fused-ring (bicyclic) bond motifs is 1. The summed E-state index contributed by atoms with van der Waals surface area (Å²) in [6, 6.07) is 9.73. The van der Waals surface area contributed by atoms with Crippen molar-refractivity contribution in [3.05, 3.63) is 70.3 Å². The summed E-state index contributed by atoms with van der Waals surface area (Å²) < 4.78 is 47.6. The van der Waals surface area contributed by atoms with Crippen molar-refractivity contribution >= 4 is 16.6 Å². The second-order valence-electron chi connectivity index (χ2n) is 9.12. The van der Waals surface area contributed by atoms with E-state index in [0.717, 1.165) is 35.0 Å². The minimum Gasteiger partial charge on any atom is -0.406 e. The Hall–Kier alpha value is -3.94. The number of ether oxygens (including phenoxy) is 2. The van der Waals surface area contributed by atoms with E-state index in [1.54, 1.807) is 18.5 Å². The van der Waals surface area contributed by atoms with Gasteiger partial charge in [0.1, 0.15) is 5.75 Å². The Morgan fingerprint density at radius 3 is 2.52 bits per heavy atom. The lowest BCUT2D eigenvalue weighted by atomic mass is 10.1. The normalized spacial score (nSPS) is 11.7. The maximum absolute atomic E-state index is 12.6. The van der Waals surface area contributed by atoms with Gasteiger partial charge in [-0.2, -0.15) is 10.2 Å². The van der Waals surface area contributed by atoms with Crippen LogP contribution in [0.1, 0.15) is 24.0 Å². The number of aliphatic hydroxyl groups is 1. The zero-order valence-electron chi connectivity index (χ0n) is 21.7. The van der Waals surface area contributed by atoms with Crippen LogP contribution >= 0.6 is 0 Å². The number of benzene rings is 2. The average Bonchev–Trinajstić information content (AvgIpc) is 3.38. The minimum atomic E-state index is -4.77. The van der Waals surface area contributed by atoms with Crippen LogP contribution in [0.15, 0.2) is 53.6 Å². The van der Waals surface area contributed by atoms with E-state index in [1.807, 2.05) is 12.1 Å². The smallest absolute Gasteiger partial charge is 0.406 e. The van der Waals surface area contributed by atoms with Crippen LogP contribution in [-0.2, 0) is 17.7 Å². The van der Waals surface area contributed by atoms with Crippen LogP contribution in [-0.4, -0.2) is 64.8 Å². The number of hydrogen-bond acceptors (Lipinski definition) is 8. The number of aromatic nitrogens is 4. The molecule has 0 aliphatic rings. The molecular weight excluding hydrogens is 529 g/mol. The summed E-state index contributed by atoms with van der Waals surface area (Å²) >= 11 is 0. The molecule has 2 aromatic heterocycles. The van der Waals surface area contributed by atoms with Gasteiger partial charge in [0.2, 0.25) is 0 Å². The number of rotatable bonds is 15. The second kappa shape index (κ2) is 13.9. The predicted molar refractivity (Wildman–Crippen MR) is 144 cm³/mol. The first kappa shape index (κ1) is 29.1. The van der Waals surface area contributed by atoms with Crippen LogP contribution in [0.5, 0.6) is 5.75 Å². The summed E-state index contributed by atoms with van der Waals surface area (Å²) in [6.45, 7) is 2.52. The highest BCUT2D eigenvalue weighted by molar-refractivity contribution is 5.95. The maximum atomic E-state index is 12.6. The second-order valence-corrected chi connectivity index (χ2v) is 9.12. The molecule has 10 nitrogen and oxygen atoms in total. The average molecular weight is 561 g/mol. The summed E-state index contributed by atoms with van der Waals surface area (Å²) in [6.07, 6.45) is 0.454. The molecule has 0 saturated carbocycles. The lowest BCUT2D eigenvalue weighted by Crippen LogP contribution is -2.18. The van der Waals surface area contributed by atoms with Gasteiger partial charge in [-0.25, -0.2) is 5.10 Å². The van der Waals surface area contributed by atoms with E-state index in [1.165, 1.54) is 18.2 Å². The highest BCUT2D eigenvalue weighted by atomic mass is 19.4. The molecule has 0 aliphatic carbocycles. The van der Waals surface area contributed by atoms with Crippen molar-refractivity contribution in [3.63, 3.8) is 0 Å². The van der Waals surface area contributed by atoms with Gasteiger partial charge < -0.3 is 25.2 Å². The van der Waals surface area contributed by atoms with E-state index in [-0.39, 0.29) is 24.3 Å². The number of aromatic amines is 2. The molecule has 0 bridgehead atoms. The molecule has 0 atom stereocenters. The third-order valence-electron chi connectivity index (χ3n) is 6.00. The number of anilines is 1. The molecule has 5 N–H and O–H groups in total. The lowest BCUT2D eigenvalue weighted by molar-refractivity contribution is -0.274. The van der Waals surface area contributed by atoms with Gasteiger partial charge in [0.05, 0.1) is 24.5 Å². The standard InChI is InChI=1S/C27H31F3N6O4/c28-27(29,30)40-22-10-18(3-6-37)9-19(11-22)15-31-4-1-2-7-39-8-5-32-24-12-20(13-25-23(24)17-34-35-25)21-14-26(38)36-33-16-21/h9-14,16-17,31-32,37H,1-8,15H2,(H,34,35)(H,36,38). The van der Waals surface area contributed by atoms with Crippen molar-refractivity contribution in [2.45, 2.75) is 32.2 Å². The molecule has 2 aromatic carbocycles. The van der Waals surface area contributed by atoms with Crippen LogP contribution in [0.3, 0.4) is 0 Å². The number of hydrogen-bond donors (Lipinski definition) is 5. The van der Waals surface area contributed by atoms with E-state index >= 15 is 0 Å². The number of halogens is 3. The monoisotopic (exact) mass is 560 g/mol. The number of H-pyrrole nitrogens is 2. The van der Waals surface area contributed by atoms with Crippen molar-refractivity contribution in [2.75, 3.05) is 38.2 Å². The fraction of sp³-hybridized carbons (Fsp3) is 0.370. The largest absolute Gasteiger partial charge is 0.573 e. The molecule has 4 aromatic rings. The number of nitrogens with zero attached hydrogens (tertiary/aromatic N) is 2. The molecule has 0 radical (unpaired) electrons. The first-order valence-corrected chi connectivity index (χ1v) is 12.8. The maximum Gasteiger partial charge on any atom is 0.573 e. The Kier molecular flexibility index (Phi) is 10.1. The molecule has 0 unspecified atom stereocenters. The Labute approximate surface area is 227 Å². The van der Waals surface area contributed by atoms with Crippen molar-refractivity contribution in [3.8, 4) is 16.9 Å². The molecule has 0 aliphatic heterocycles. The molecule has 0 fully saturated rings. The molecular formula is C27H31F3N6O4. The highest BCUT2D eigenvalue weighted by Gasteiger charge is 2.31. The van der Waals surface area contributed by atoms with Crippen LogP contribution in [0.25, 0.3) is 22.0 Å². The molecule has 0 spiro atoms.